The van der Waals surface area contributed by atoms with Crippen LogP contribution >= 0.6 is 0 Å². The van der Waals surface area contributed by atoms with E-state index in [9.17, 15) is 31.1 Å². The largest absolute Gasteiger partial charge is 0.442 e. The van der Waals surface area contributed by atoms with Crippen LogP contribution in [-0.2, 0) is 0 Å². The number of urea groups is 1. The maximum Gasteiger partial charge on any atom is 0.442 e. The van der Waals surface area contributed by atoms with Crippen LogP contribution in [0.1, 0.15) is 0 Å². The second-order valence-corrected chi connectivity index (χ2v) is 2.32. The maximum absolute atomic E-state index is 11.8. The van der Waals surface area contributed by atoms with Crippen LogP contribution in [0.25, 0.3) is 0 Å². The van der Waals surface area contributed by atoms with Gasteiger partial charge in [-0.05, 0) is 0 Å². The molecule has 0 aliphatic heterocycles. The zero-order valence-corrected chi connectivity index (χ0v) is 6.70. The first-order valence-electron chi connectivity index (χ1n) is 3.10. The number of halogens is 6. The Morgan fingerprint density at radius 3 is 1.60 bits per heavy atom. The lowest BCUT2D eigenvalue weighted by molar-refractivity contribution is -0.381. The minimum absolute atomic E-state index is 0.356. The minimum Gasteiger partial charge on any atom is -0.360 e. The van der Waals surface area contributed by atoms with Crippen LogP contribution in [0.3, 0.4) is 0 Å². The van der Waals surface area contributed by atoms with Gasteiger partial charge in [-0.3, -0.25) is 5.43 Å². The van der Waals surface area contributed by atoms with Crippen LogP contribution in [0.2, 0.25) is 0 Å². The highest BCUT2D eigenvalue weighted by atomic mass is 19.4. The molecule has 0 saturated carbocycles. The summed E-state index contributed by atoms with van der Waals surface area (Å²) in [6, 6.07) is -1.72. The Hall–Kier alpha value is -1.23. The summed E-state index contributed by atoms with van der Waals surface area (Å²) in [5.41, 5.74) is 0.127. The molecule has 2 amide bonds. The van der Waals surface area contributed by atoms with Gasteiger partial charge >= 0.3 is 24.1 Å². The van der Waals surface area contributed by atoms with Crippen molar-refractivity contribution in [3.8, 4) is 0 Å². The third-order valence-corrected chi connectivity index (χ3v) is 1.19. The number of rotatable bonds is 2. The summed E-state index contributed by atoms with van der Waals surface area (Å²) in [4.78, 5) is 9.90. The Labute approximate surface area is 78.2 Å². The van der Waals surface area contributed by atoms with Crippen molar-refractivity contribution in [1.82, 2.24) is 10.9 Å². The van der Waals surface area contributed by atoms with Crippen molar-refractivity contribution in [3.05, 3.63) is 0 Å². The van der Waals surface area contributed by atoms with Crippen molar-refractivity contribution in [2.45, 2.75) is 18.1 Å². The molecule has 0 heterocycles. The van der Waals surface area contributed by atoms with Crippen molar-refractivity contribution in [2.75, 3.05) is 0 Å². The molecule has 0 bridgehead atoms. The molecule has 0 aliphatic carbocycles. The first kappa shape index (κ1) is 13.8. The molecule has 0 aromatic heterocycles. The summed E-state index contributed by atoms with van der Waals surface area (Å²) >= 11 is 0. The molecule has 0 fully saturated rings. The van der Waals surface area contributed by atoms with Crippen LogP contribution in [0.5, 0.6) is 0 Å². The standard InChI is InChI=1S/C4H5F6N3O2/c5-3(6,7)2(15,4(8,9)10)13-12-1(11)14/h13,15H,(H3,11,12,14). The fourth-order valence-corrected chi connectivity index (χ4v) is 0.455. The number of hydrazine groups is 1. The highest BCUT2D eigenvalue weighted by Gasteiger charge is 2.71. The number of nitrogens with two attached hydrogens (primary N) is 1. The molecule has 0 saturated heterocycles. The van der Waals surface area contributed by atoms with Gasteiger partial charge in [0.15, 0.2) is 0 Å². The number of amides is 2. The Bertz CT molecular complexity index is 234. The Morgan fingerprint density at radius 2 is 1.40 bits per heavy atom. The lowest BCUT2D eigenvalue weighted by atomic mass is 10.2. The van der Waals surface area contributed by atoms with E-state index < -0.39 is 24.1 Å². The van der Waals surface area contributed by atoms with Crippen molar-refractivity contribution in [3.63, 3.8) is 0 Å². The van der Waals surface area contributed by atoms with Crippen LogP contribution in [0.15, 0.2) is 0 Å². The number of alkyl halides is 6. The Balaban J connectivity index is 4.98. The molecule has 0 rings (SSSR count). The third-order valence-electron chi connectivity index (χ3n) is 1.19. The Kier molecular flexibility index (Phi) is 3.43. The summed E-state index contributed by atoms with van der Waals surface area (Å²) in [6.45, 7) is 0. The van der Waals surface area contributed by atoms with Crippen LogP contribution in [0, 0.1) is 0 Å². The first-order valence-corrected chi connectivity index (χ1v) is 3.10. The van der Waals surface area contributed by atoms with Gasteiger partial charge in [-0.25, -0.2) is 4.79 Å². The molecule has 0 unspecified atom stereocenters. The topological polar surface area (TPSA) is 87.4 Å². The average molecular weight is 241 g/mol. The molecule has 11 heteroatoms. The monoisotopic (exact) mass is 241 g/mol. The molecule has 0 aromatic carbocycles. The van der Waals surface area contributed by atoms with Crippen molar-refractivity contribution >= 4 is 6.03 Å². The summed E-state index contributed by atoms with van der Waals surface area (Å²) in [7, 11) is 0. The van der Waals surface area contributed by atoms with E-state index in [1.54, 1.807) is 0 Å². The molecule has 5 N–H and O–H groups in total. The number of hydrogen-bond donors (Lipinski definition) is 4. The van der Waals surface area contributed by atoms with E-state index in [0.717, 1.165) is 5.43 Å². The SMILES string of the molecule is NC(=O)NNC(O)(C(F)(F)F)C(F)(F)F. The lowest BCUT2D eigenvalue weighted by Crippen LogP contribution is -2.70. The van der Waals surface area contributed by atoms with Crippen LogP contribution in [-0.4, -0.2) is 29.2 Å². The molecule has 0 aliphatic rings. The number of carbonyl (C=O) groups excluding carboxylic acids is 1. The van der Waals surface area contributed by atoms with E-state index in [0.29, 0.717) is 5.43 Å². The third kappa shape index (κ3) is 2.86. The molecular formula is C4H5F6N3O2. The smallest absolute Gasteiger partial charge is 0.360 e. The van der Waals surface area contributed by atoms with Crippen molar-refractivity contribution < 1.29 is 36.2 Å². The second kappa shape index (κ2) is 3.73. The van der Waals surface area contributed by atoms with Crippen LogP contribution in [0.4, 0.5) is 31.1 Å². The van der Waals surface area contributed by atoms with E-state index in [1.165, 1.54) is 0 Å². The maximum atomic E-state index is 11.8. The first-order chi connectivity index (χ1) is 6.42. The number of aliphatic hydroxyl groups is 1. The summed E-state index contributed by atoms with van der Waals surface area (Å²) in [6.07, 6.45) is -12.2. The van der Waals surface area contributed by atoms with Gasteiger partial charge in [-0.1, -0.05) is 0 Å². The predicted molar refractivity (Wildman–Crippen MR) is 32.9 cm³/mol. The molecule has 0 spiro atoms. The molecular weight excluding hydrogens is 236 g/mol. The van der Waals surface area contributed by atoms with Gasteiger partial charge in [0, 0.05) is 0 Å². The summed E-state index contributed by atoms with van der Waals surface area (Å²) in [5.74, 6) is 0. The van der Waals surface area contributed by atoms with Crippen molar-refractivity contribution in [2.24, 2.45) is 5.73 Å². The number of carbonyl (C=O) groups is 1. The van der Waals surface area contributed by atoms with Gasteiger partial charge in [0.05, 0.1) is 0 Å². The minimum atomic E-state index is -6.08. The van der Waals surface area contributed by atoms with Gasteiger partial charge in [0.25, 0.3) is 0 Å². The molecule has 0 atom stereocenters. The number of primary amides is 1. The number of hydrogen-bond acceptors (Lipinski definition) is 3. The van der Waals surface area contributed by atoms with Gasteiger partial charge < -0.3 is 10.8 Å². The molecule has 0 aromatic rings. The Morgan fingerprint density at radius 1 is 1.07 bits per heavy atom. The second-order valence-electron chi connectivity index (χ2n) is 2.32. The normalized spacial score (nSPS) is 13.8. The summed E-state index contributed by atoms with van der Waals surface area (Å²) in [5, 5.41) is 8.30. The fraction of sp³-hybridized carbons (Fsp3) is 0.750. The number of nitrogens with one attached hydrogen (secondary N) is 2. The fourth-order valence-electron chi connectivity index (χ4n) is 0.455. The van der Waals surface area contributed by atoms with E-state index in [2.05, 4.69) is 5.73 Å². The van der Waals surface area contributed by atoms with E-state index in [4.69, 9.17) is 5.11 Å². The predicted octanol–water partition coefficient (Wildman–Crippen LogP) is -0.0275. The van der Waals surface area contributed by atoms with Crippen molar-refractivity contribution in [1.29, 1.82) is 0 Å². The van der Waals surface area contributed by atoms with E-state index >= 15 is 0 Å². The highest BCUT2D eigenvalue weighted by molar-refractivity contribution is 5.71. The summed E-state index contributed by atoms with van der Waals surface area (Å²) < 4.78 is 71.0. The van der Waals surface area contributed by atoms with Gasteiger partial charge in [-0.15, -0.1) is 0 Å². The molecule has 90 valence electrons. The quantitative estimate of drug-likeness (QED) is 0.311. The van der Waals surface area contributed by atoms with E-state index in [1.807, 2.05) is 0 Å². The zero-order valence-electron chi connectivity index (χ0n) is 6.70. The molecule has 0 radical (unpaired) electrons. The zero-order chi connectivity index (χ0) is 12.5. The average Bonchev–Trinajstić information content (AvgIpc) is 1.95. The molecule has 15 heavy (non-hydrogen) atoms. The van der Waals surface area contributed by atoms with Gasteiger partial charge in [-0.2, -0.15) is 31.8 Å². The van der Waals surface area contributed by atoms with Crippen LogP contribution < -0.4 is 16.6 Å². The van der Waals surface area contributed by atoms with E-state index in [-0.39, 0.29) is 0 Å². The molecule has 5 nitrogen and oxygen atoms in total. The van der Waals surface area contributed by atoms with Gasteiger partial charge in [0.2, 0.25) is 0 Å². The highest BCUT2D eigenvalue weighted by Crippen LogP contribution is 2.40. The lowest BCUT2D eigenvalue weighted by Gasteiger charge is -2.32. The van der Waals surface area contributed by atoms with Gasteiger partial charge in [0.1, 0.15) is 0 Å².